The molecular formula is C14H27NO3. The van der Waals surface area contributed by atoms with Gasteiger partial charge in [-0.2, -0.15) is 0 Å². The second-order valence-electron chi connectivity index (χ2n) is 5.46. The van der Waals surface area contributed by atoms with Gasteiger partial charge in [-0.1, -0.05) is 6.92 Å². The van der Waals surface area contributed by atoms with Gasteiger partial charge in [0.05, 0.1) is 13.0 Å². The number of hydrogen-bond acceptors (Lipinski definition) is 4. The van der Waals surface area contributed by atoms with Crippen molar-refractivity contribution in [3.63, 3.8) is 0 Å². The maximum Gasteiger partial charge on any atom is 0.308 e. The molecule has 0 amide bonds. The molecule has 106 valence electrons. The van der Waals surface area contributed by atoms with Crippen LogP contribution in [0.1, 0.15) is 46.5 Å². The summed E-state index contributed by atoms with van der Waals surface area (Å²) in [5.41, 5.74) is -0.357. The second-order valence-corrected chi connectivity index (χ2v) is 5.46. The van der Waals surface area contributed by atoms with Crippen molar-refractivity contribution >= 4 is 5.97 Å². The van der Waals surface area contributed by atoms with E-state index in [4.69, 9.17) is 9.47 Å². The first-order valence-electron chi connectivity index (χ1n) is 7.06. The first-order valence-corrected chi connectivity index (χ1v) is 7.06. The fraction of sp³-hybridized carbons (Fsp3) is 0.929. The molecule has 1 aliphatic heterocycles. The van der Waals surface area contributed by atoms with Crippen LogP contribution in [0.5, 0.6) is 0 Å². The standard InChI is InChI=1S/C14H27NO3/c1-4-10-17-11-7-13(16)18-14(2,3)12-5-8-15-9-6-12/h12,15H,4-11H2,1-3H3. The molecule has 0 aromatic carbocycles. The number of nitrogens with one attached hydrogen (secondary N) is 1. The Balaban J connectivity index is 2.27. The Labute approximate surface area is 110 Å². The van der Waals surface area contributed by atoms with Crippen LogP contribution in [-0.4, -0.2) is 37.9 Å². The molecule has 18 heavy (non-hydrogen) atoms. The summed E-state index contributed by atoms with van der Waals surface area (Å²) < 4.78 is 10.9. The summed E-state index contributed by atoms with van der Waals surface area (Å²) in [6, 6.07) is 0. The Bertz CT molecular complexity index is 247. The van der Waals surface area contributed by atoms with Gasteiger partial charge in [0.15, 0.2) is 0 Å². The predicted molar refractivity (Wildman–Crippen MR) is 71.5 cm³/mol. The summed E-state index contributed by atoms with van der Waals surface area (Å²) in [7, 11) is 0. The van der Waals surface area contributed by atoms with E-state index in [1.54, 1.807) is 0 Å². The van der Waals surface area contributed by atoms with Crippen molar-refractivity contribution in [3.8, 4) is 0 Å². The SMILES string of the molecule is CCCOCCC(=O)OC(C)(C)C1CCNCC1. The highest BCUT2D eigenvalue weighted by atomic mass is 16.6. The van der Waals surface area contributed by atoms with Crippen molar-refractivity contribution < 1.29 is 14.3 Å². The average molecular weight is 257 g/mol. The van der Waals surface area contributed by atoms with Gasteiger partial charge in [0, 0.05) is 12.5 Å². The molecule has 0 aliphatic carbocycles. The molecule has 0 spiro atoms. The smallest absolute Gasteiger partial charge is 0.308 e. The molecule has 1 heterocycles. The van der Waals surface area contributed by atoms with Gasteiger partial charge in [0.2, 0.25) is 0 Å². The molecule has 1 rings (SSSR count). The lowest BCUT2D eigenvalue weighted by atomic mass is 9.83. The number of esters is 1. The van der Waals surface area contributed by atoms with E-state index in [1.807, 2.05) is 13.8 Å². The zero-order valence-corrected chi connectivity index (χ0v) is 12.0. The normalized spacial score (nSPS) is 17.7. The van der Waals surface area contributed by atoms with Crippen LogP contribution in [0, 0.1) is 5.92 Å². The lowest BCUT2D eigenvalue weighted by Gasteiger charge is -2.36. The molecule has 0 unspecified atom stereocenters. The van der Waals surface area contributed by atoms with E-state index in [-0.39, 0.29) is 11.6 Å². The zero-order valence-electron chi connectivity index (χ0n) is 12.0. The summed E-state index contributed by atoms with van der Waals surface area (Å²) >= 11 is 0. The van der Waals surface area contributed by atoms with Gasteiger partial charge < -0.3 is 14.8 Å². The molecule has 1 N–H and O–H groups in total. The Morgan fingerprint density at radius 3 is 2.56 bits per heavy atom. The molecule has 1 fully saturated rings. The number of piperidine rings is 1. The highest BCUT2D eigenvalue weighted by molar-refractivity contribution is 5.70. The van der Waals surface area contributed by atoms with Crippen LogP contribution in [0.4, 0.5) is 0 Å². The number of ether oxygens (including phenoxy) is 2. The second kappa shape index (κ2) is 7.74. The maximum atomic E-state index is 11.7. The van der Waals surface area contributed by atoms with Crippen LogP contribution in [0.2, 0.25) is 0 Å². The Hall–Kier alpha value is -0.610. The fourth-order valence-corrected chi connectivity index (χ4v) is 2.35. The highest BCUT2D eigenvalue weighted by Crippen LogP contribution is 2.29. The quantitative estimate of drug-likeness (QED) is 0.560. The minimum absolute atomic E-state index is 0.144. The lowest BCUT2D eigenvalue weighted by molar-refractivity contribution is -0.164. The van der Waals surface area contributed by atoms with E-state index >= 15 is 0 Å². The van der Waals surface area contributed by atoms with Gasteiger partial charge in [-0.05, 0) is 46.2 Å². The van der Waals surface area contributed by atoms with Gasteiger partial charge in [-0.15, -0.1) is 0 Å². The van der Waals surface area contributed by atoms with Gasteiger partial charge in [0.25, 0.3) is 0 Å². The molecule has 0 radical (unpaired) electrons. The molecule has 0 atom stereocenters. The topological polar surface area (TPSA) is 47.6 Å². The Morgan fingerprint density at radius 2 is 1.94 bits per heavy atom. The van der Waals surface area contributed by atoms with Crippen LogP contribution in [-0.2, 0) is 14.3 Å². The lowest BCUT2D eigenvalue weighted by Crippen LogP contribution is -2.42. The van der Waals surface area contributed by atoms with Crippen molar-refractivity contribution in [1.29, 1.82) is 0 Å². The maximum absolute atomic E-state index is 11.7. The minimum atomic E-state index is -0.357. The number of carbonyl (C=O) groups is 1. The summed E-state index contributed by atoms with van der Waals surface area (Å²) in [5, 5.41) is 3.33. The Morgan fingerprint density at radius 1 is 1.28 bits per heavy atom. The van der Waals surface area contributed by atoms with Crippen molar-refractivity contribution in [2.24, 2.45) is 5.92 Å². The number of rotatable bonds is 7. The van der Waals surface area contributed by atoms with Crippen molar-refractivity contribution in [3.05, 3.63) is 0 Å². The average Bonchev–Trinajstić information content (AvgIpc) is 2.35. The molecular weight excluding hydrogens is 230 g/mol. The Kier molecular flexibility index (Phi) is 6.65. The molecule has 0 bridgehead atoms. The van der Waals surface area contributed by atoms with E-state index in [1.165, 1.54) is 0 Å². The molecule has 0 aromatic heterocycles. The minimum Gasteiger partial charge on any atom is -0.459 e. The van der Waals surface area contributed by atoms with Crippen molar-refractivity contribution in [2.45, 2.75) is 52.1 Å². The third-order valence-electron chi connectivity index (χ3n) is 3.50. The fourth-order valence-electron chi connectivity index (χ4n) is 2.35. The molecule has 0 aromatic rings. The van der Waals surface area contributed by atoms with E-state index < -0.39 is 0 Å². The van der Waals surface area contributed by atoms with Crippen LogP contribution in [0.15, 0.2) is 0 Å². The van der Waals surface area contributed by atoms with Gasteiger partial charge >= 0.3 is 5.97 Å². The van der Waals surface area contributed by atoms with Crippen LogP contribution in [0.25, 0.3) is 0 Å². The highest BCUT2D eigenvalue weighted by Gasteiger charge is 2.33. The molecule has 1 saturated heterocycles. The summed E-state index contributed by atoms with van der Waals surface area (Å²) in [5.74, 6) is 0.314. The third-order valence-corrected chi connectivity index (χ3v) is 3.50. The third kappa shape index (κ3) is 5.36. The first-order chi connectivity index (χ1) is 8.56. The summed E-state index contributed by atoms with van der Waals surface area (Å²) in [4.78, 5) is 11.7. The van der Waals surface area contributed by atoms with Crippen LogP contribution >= 0.6 is 0 Å². The van der Waals surface area contributed by atoms with Crippen molar-refractivity contribution in [1.82, 2.24) is 5.32 Å². The largest absolute Gasteiger partial charge is 0.459 e. The number of carbonyl (C=O) groups excluding carboxylic acids is 1. The van der Waals surface area contributed by atoms with E-state index in [0.717, 1.165) is 32.4 Å². The summed E-state index contributed by atoms with van der Waals surface area (Å²) in [6.45, 7) is 9.32. The predicted octanol–water partition coefficient (Wildman–Crippen LogP) is 2.12. The monoisotopic (exact) mass is 257 g/mol. The van der Waals surface area contributed by atoms with Crippen molar-refractivity contribution in [2.75, 3.05) is 26.3 Å². The molecule has 4 nitrogen and oxygen atoms in total. The van der Waals surface area contributed by atoms with Gasteiger partial charge in [-0.3, -0.25) is 4.79 Å². The van der Waals surface area contributed by atoms with Gasteiger partial charge in [0.1, 0.15) is 5.60 Å². The zero-order chi connectivity index (χ0) is 13.4. The van der Waals surface area contributed by atoms with E-state index in [0.29, 0.717) is 25.6 Å². The molecule has 1 aliphatic rings. The van der Waals surface area contributed by atoms with Crippen LogP contribution in [0.3, 0.4) is 0 Å². The van der Waals surface area contributed by atoms with Gasteiger partial charge in [-0.25, -0.2) is 0 Å². The van der Waals surface area contributed by atoms with E-state index in [9.17, 15) is 4.79 Å². The molecule has 4 heteroatoms. The number of hydrogen-bond donors (Lipinski definition) is 1. The van der Waals surface area contributed by atoms with Crippen LogP contribution < -0.4 is 5.32 Å². The molecule has 0 saturated carbocycles. The first kappa shape index (κ1) is 15.4. The van der Waals surface area contributed by atoms with E-state index in [2.05, 4.69) is 12.2 Å². The summed E-state index contributed by atoms with van der Waals surface area (Å²) in [6.07, 6.45) is 3.49.